The van der Waals surface area contributed by atoms with Crippen molar-refractivity contribution in [3.05, 3.63) is 35.4 Å². The van der Waals surface area contributed by atoms with Crippen molar-refractivity contribution in [2.75, 3.05) is 5.32 Å². The molecule has 2 heterocycles. The van der Waals surface area contributed by atoms with Crippen LogP contribution in [0.2, 0.25) is 0 Å². The molecule has 76 valence electrons. The molecule has 0 saturated heterocycles. The Balaban J connectivity index is 2.18. The highest BCUT2D eigenvalue weighted by molar-refractivity contribution is 5.96. The number of para-hydroxylation sites is 1. The summed E-state index contributed by atoms with van der Waals surface area (Å²) >= 11 is 0. The Morgan fingerprint density at radius 2 is 2.07 bits per heavy atom. The third-order valence-electron chi connectivity index (χ3n) is 3.11. The molecule has 0 aromatic heterocycles. The van der Waals surface area contributed by atoms with Gasteiger partial charge < -0.3 is 5.32 Å². The molecule has 0 fully saturated rings. The third kappa shape index (κ3) is 1.21. The van der Waals surface area contributed by atoms with E-state index in [1.165, 1.54) is 28.1 Å². The van der Waals surface area contributed by atoms with Gasteiger partial charge in [0.15, 0.2) is 0 Å². The predicted octanol–water partition coefficient (Wildman–Crippen LogP) is 3.08. The summed E-state index contributed by atoms with van der Waals surface area (Å²) in [6, 6.07) is 8.46. The number of anilines is 1. The highest BCUT2D eigenvalue weighted by Crippen LogP contribution is 2.40. The number of allylic oxidation sites excluding steroid dienone is 1. The van der Waals surface area contributed by atoms with Gasteiger partial charge in [0.1, 0.15) is 6.17 Å². The minimum atomic E-state index is 0.163. The lowest BCUT2D eigenvalue weighted by Crippen LogP contribution is -2.18. The molecule has 2 aliphatic heterocycles. The fraction of sp³-hybridized carbons (Fsp3) is 0.308. The van der Waals surface area contributed by atoms with E-state index in [4.69, 9.17) is 0 Å². The molecule has 1 unspecified atom stereocenters. The largest absolute Gasteiger partial charge is 0.360 e. The van der Waals surface area contributed by atoms with E-state index in [0.717, 1.165) is 6.42 Å². The van der Waals surface area contributed by atoms with Crippen molar-refractivity contribution in [3.63, 3.8) is 0 Å². The van der Waals surface area contributed by atoms with E-state index in [1.54, 1.807) is 0 Å². The van der Waals surface area contributed by atoms with Crippen LogP contribution in [-0.4, -0.2) is 11.9 Å². The Morgan fingerprint density at radius 1 is 1.27 bits per heavy atom. The number of dihydropyridines is 1. The highest BCUT2D eigenvalue weighted by atomic mass is 15.1. The molecule has 0 bridgehead atoms. The predicted molar refractivity (Wildman–Crippen MR) is 64.2 cm³/mol. The maximum Gasteiger partial charge on any atom is 0.145 e. The van der Waals surface area contributed by atoms with Crippen molar-refractivity contribution in [3.8, 4) is 0 Å². The number of aliphatic imine (C=N–C) groups is 1. The molecule has 2 aliphatic rings. The Bertz CT molecular complexity index is 483. The zero-order valence-electron chi connectivity index (χ0n) is 9.04. The van der Waals surface area contributed by atoms with Crippen LogP contribution in [0.15, 0.2) is 34.8 Å². The molecule has 1 aromatic carbocycles. The van der Waals surface area contributed by atoms with E-state index in [0.29, 0.717) is 0 Å². The molecule has 2 heteroatoms. The van der Waals surface area contributed by atoms with Gasteiger partial charge in [-0.05, 0) is 19.9 Å². The van der Waals surface area contributed by atoms with Crippen LogP contribution in [0.1, 0.15) is 25.8 Å². The van der Waals surface area contributed by atoms with Crippen LogP contribution < -0.4 is 5.32 Å². The lowest BCUT2D eigenvalue weighted by molar-refractivity contribution is 0.943. The Hall–Kier alpha value is -1.57. The molecule has 1 aromatic rings. The number of hydrogen-bond donors (Lipinski definition) is 1. The van der Waals surface area contributed by atoms with Gasteiger partial charge >= 0.3 is 0 Å². The first kappa shape index (κ1) is 8.72. The summed E-state index contributed by atoms with van der Waals surface area (Å²) in [5, 5.41) is 3.45. The minimum Gasteiger partial charge on any atom is -0.360 e. The van der Waals surface area contributed by atoms with Crippen molar-refractivity contribution in [2.45, 2.75) is 26.4 Å². The normalized spacial score (nSPS) is 23.1. The summed E-state index contributed by atoms with van der Waals surface area (Å²) in [6.07, 6.45) is 1.18. The van der Waals surface area contributed by atoms with Crippen molar-refractivity contribution < 1.29 is 0 Å². The van der Waals surface area contributed by atoms with Crippen LogP contribution in [0.5, 0.6) is 0 Å². The number of fused-ring (bicyclic) bond motifs is 3. The molecule has 0 amide bonds. The molecule has 1 atom stereocenters. The van der Waals surface area contributed by atoms with Crippen molar-refractivity contribution >= 4 is 17.0 Å². The van der Waals surface area contributed by atoms with Gasteiger partial charge in [-0.25, -0.2) is 0 Å². The molecular formula is C13H14N2. The Morgan fingerprint density at radius 3 is 2.93 bits per heavy atom. The molecule has 1 N–H and O–H groups in total. The highest BCUT2D eigenvalue weighted by Gasteiger charge is 2.29. The molecule has 0 aliphatic carbocycles. The van der Waals surface area contributed by atoms with Crippen molar-refractivity contribution in [2.24, 2.45) is 4.99 Å². The van der Waals surface area contributed by atoms with Crippen LogP contribution in [0, 0.1) is 0 Å². The SMILES string of the molecule is CC1=NC2Nc3ccccc3C2=C(C)C1. The molecule has 2 nitrogen and oxygen atoms in total. The number of benzene rings is 1. The minimum absolute atomic E-state index is 0.163. The lowest BCUT2D eigenvalue weighted by atomic mass is 9.95. The maximum absolute atomic E-state index is 4.66. The first-order valence-electron chi connectivity index (χ1n) is 5.34. The standard InChI is InChI=1S/C13H14N2/c1-8-7-9(2)14-13-12(8)10-5-3-4-6-11(10)15-13/h3-6,13,15H,7H2,1-2H3. The van der Waals surface area contributed by atoms with E-state index in [-0.39, 0.29) is 6.17 Å². The smallest absolute Gasteiger partial charge is 0.145 e. The molecular weight excluding hydrogens is 184 g/mol. The second-order valence-corrected chi connectivity index (χ2v) is 4.33. The maximum atomic E-state index is 4.66. The quantitative estimate of drug-likeness (QED) is 0.680. The van der Waals surface area contributed by atoms with Gasteiger partial charge in [-0.15, -0.1) is 0 Å². The van der Waals surface area contributed by atoms with Crippen LogP contribution in [-0.2, 0) is 0 Å². The average molecular weight is 198 g/mol. The lowest BCUT2D eigenvalue weighted by Gasteiger charge is -2.18. The van der Waals surface area contributed by atoms with Crippen molar-refractivity contribution in [1.82, 2.24) is 0 Å². The zero-order valence-corrected chi connectivity index (χ0v) is 9.04. The summed E-state index contributed by atoms with van der Waals surface area (Å²) in [7, 11) is 0. The summed E-state index contributed by atoms with van der Waals surface area (Å²) in [5.74, 6) is 0. The van der Waals surface area contributed by atoms with Crippen LogP contribution in [0.25, 0.3) is 5.57 Å². The first-order valence-corrected chi connectivity index (χ1v) is 5.34. The number of rotatable bonds is 0. The molecule has 0 saturated carbocycles. The van der Waals surface area contributed by atoms with Gasteiger partial charge in [-0.1, -0.05) is 23.8 Å². The Labute approximate surface area is 89.7 Å². The van der Waals surface area contributed by atoms with E-state index >= 15 is 0 Å². The van der Waals surface area contributed by atoms with Crippen LogP contribution in [0.4, 0.5) is 5.69 Å². The Kier molecular flexibility index (Phi) is 1.72. The fourth-order valence-electron chi connectivity index (χ4n) is 2.52. The van der Waals surface area contributed by atoms with Gasteiger partial charge in [0, 0.05) is 29.0 Å². The molecule has 3 rings (SSSR count). The van der Waals surface area contributed by atoms with E-state index in [9.17, 15) is 0 Å². The molecule has 0 spiro atoms. The second-order valence-electron chi connectivity index (χ2n) is 4.33. The van der Waals surface area contributed by atoms with Gasteiger partial charge in [0.05, 0.1) is 0 Å². The summed E-state index contributed by atoms with van der Waals surface area (Å²) < 4.78 is 0. The molecule has 0 radical (unpaired) electrons. The second kappa shape index (κ2) is 2.96. The number of hydrogen-bond acceptors (Lipinski definition) is 2. The van der Waals surface area contributed by atoms with E-state index < -0.39 is 0 Å². The van der Waals surface area contributed by atoms with E-state index in [1.807, 2.05) is 0 Å². The van der Waals surface area contributed by atoms with Crippen LogP contribution in [0.3, 0.4) is 0 Å². The number of nitrogens with zero attached hydrogens (tertiary/aromatic N) is 1. The van der Waals surface area contributed by atoms with E-state index in [2.05, 4.69) is 48.4 Å². The van der Waals surface area contributed by atoms with Crippen LogP contribution >= 0.6 is 0 Å². The van der Waals surface area contributed by atoms with Gasteiger partial charge in [-0.2, -0.15) is 0 Å². The average Bonchev–Trinajstić information content (AvgIpc) is 2.54. The summed E-state index contributed by atoms with van der Waals surface area (Å²) in [6.45, 7) is 4.31. The fourth-order valence-corrected chi connectivity index (χ4v) is 2.52. The van der Waals surface area contributed by atoms with Gasteiger partial charge in [-0.3, -0.25) is 4.99 Å². The monoisotopic (exact) mass is 198 g/mol. The first-order chi connectivity index (χ1) is 7.25. The summed E-state index contributed by atoms with van der Waals surface area (Å²) in [5.41, 5.74) is 6.61. The van der Waals surface area contributed by atoms with Crippen molar-refractivity contribution in [1.29, 1.82) is 0 Å². The molecule has 15 heavy (non-hydrogen) atoms. The summed E-state index contributed by atoms with van der Waals surface area (Å²) in [4.78, 5) is 4.66. The zero-order chi connectivity index (χ0) is 10.4. The topological polar surface area (TPSA) is 24.4 Å². The van der Waals surface area contributed by atoms with Gasteiger partial charge in [0.25, 0.3) is 0 Å². The number of nitrogens with one attached hydrogen (secondary N) is 1. The third-order valence-corrected chi connectivity index (χ3v) is 3.11. The van der Waals surface area contributed by atoms with Gasteiger partial charge in [0.2, 0.25) is 0 Å².